The van der Waals surface area contributed by atoms with E-state index < -0.39 is 0 Å². The van der Waals surface area contributed by atoms with E-state index in [0.717, 1.165) is 38.6 Å². The molecule has 6 heteroatoms. The summed E-state index contributed by atoms with van der Waals surface area (Å²) in [6.07, 6.45) is 1.38. The average molecular weight is 537 g/mol. The Kier molecular flexibility index (Phi) is 11.3. The van der Waals surface area contributed by atoms with Gasteiger partial charge in [0.05, 0.1) is 25.9 Å². The van der Waals surface area contributed by atoms with Gasteiger partial charge < -0.3 is 19.7 Å². The van der Waals surface area contributed by atoms with Crippen LogP contribution in [-0.2, 0) is 29.2 Å². The third-order valence-corrected chi connectivity index (χ3v) is 5.29. The third kappa shape index (κ3) is 8.79. The fraction of sp³-hybridized carbons (Fsp3) is 0.480. The molecule has 0 saturated carbocycles. The van der Waals surface area contributed by atoms with Crippen LogP contribution in [0.4, 0.5) is 0 Å². The number of hydrogen-bond donors (Lipinski definition) is 1. The smallest absolute Gasteiger partial charge is 0.193 e. The van der Waals surface area contributed by atoms with Gasteiger partial charge in [-0.25, -0.2) is 0 Å². The van der Waals surface area contributed by atoms with E-state index in [0.29, 0.717) is 19.1 Å². The Hall–Kier alpha value is -1.64. The van der Waals surface area contributed by atoms with E-state index >= 15 is 0 Å². The fourth-order valence-corrected chi connectivity index (χ4v) is 3.68. The van der Waals surface area contributed by atoms with Crippen LogP contribution in [0.1, 0.15) is 37.0 Å². The Balaban J connectivity index is 0.00000341. The second-order valence-corrected chi connectivity index (χ2v) is 8.18. The zero-order valence-electron chi connectivity index (χ0n) is 18.9. The number of aliphatic imine (C=N–C) groups is 1. The number of nitrogens with one attached hydrogen (secondary N) is 1. The predicted octanol–water partition coefficient (Wildman–Crippen LogP) is 4.84. The van der Waals surface area contributed by atoms with Gasteiger partial charge in [0.25, 0.3) is 0 Å². The zero-order valence-corrected chi connectivity index (χ0v) is 21.3. The zero-order chi connectivity index (χ0) is 21.2. The van der Waals surface area contributed by atoms with Crippen molar-refractivity contribution in [2.24, 2.45) is 10.9 Å². The van der Waals surface area contributed by atoms with Crippen LogP contribution in [0.5, 0.6) is 0 Å². The first-order chi connectivity index (χ1) is 14.6. The molecule has 1 N–H and O–H groups in total. The number of benzene rings is 2. The normalized spacial score (nSPS) is 16.5. The summed E-state index contributed by atoms with van der Waals surface area (Å²) in [5.41, 5.74) is 3.67. The molecule has 3 rings (SSSR count). The number of ether oxygens (including phenoxy) is 2. The Morgan fingerprint density at radius 1 is 1.06 bits per heavy atom. The first-order valence-electron chi connectivity index (χ1n) is 10.9. The molecule has 0 aromatic heterocycles. The molecule has 0 radical (unpaired) electrons. The summed E-state index contributed by atoms with van der Waals surface area (Å²) in [6, 6.07) is 18.9. The van der Waals surface area contributed by atoms with Crippen LogP contribution in [0.25, 0.3) is 0 Å². The van der Waals surface area contributed by atoms with E-state index in [4.69, 9.17) is 9.47 Å². The maximum atomic E-state index is 5.95. The van der Waals surface area contributed by atoms with E-state index in [2.05, 4.69) is 77.6 Å². The molecule has 0 bridgehead atoms. The highest BCUT2D eigenvalue weighted by atomic mass is 127. The second kappa shape index (κ2) is 13.7. The minimum atomic E-state index is 0. The van der Waals surface area contributed by atoms with Crippen molar-refractivity contribution in [1.29, 1.82) is 0 Å². The van der Waals surface area contributed by atoms with Crippen LogP contribution in [0, 0.1) is 5.92 Å². The molecule has 31 heavy (non-hydrogen) atoms. The summed E-state index contributed by atoms with van der Waals surface area (Å²) >= 11 is 0. The van der Waals surface area contributed by atoms with Gasteiger partial charge in [-0.15, -0.1) is 24.0 Å². The van der Waals surface area contributed by atoms with Gasteiger partial charge in [-0.05, 0) is 37.0 Å². The maximum absolute atomic E-state index is 5.95. The summed E-state index contributed by atoms with van der Waals surface area (Å²) < 4.78 is 11.7. The van der Waals surface area contributed by atoms with Gasteiger partial charge in [-0.1, -0.05) is 54.6 Å². The molecule has 1 fully saturated rings. The van der Waals surface area contributed by atoms with E-state index in [9.17, 15) is 0 Å². The number of nitrogens with zero attached hydrogens (tertiary/aromatic N) is 2. The van der Waals surface area contributed by atoms with Gasteiger partial charge in [0, 0.05) is 32.6 Å². The number of hydrogen-bond acceptors (Lipinski definition) is 3. The van der Waals surface area contributed by atoms with Gasteiger partial charge in [0.2, 0.25) is 0 Å². The van der Waals surface area contributed by atoms with Gasteiger partial charge in [-0.2, -0.15) is 0 Å². The number of rotatable bonds is 9. The molecule has 170 valence electrons. The van der Waals surface area contributed by atoms with Crippen LogP contribution >= 0.6 is 24.0 Å². The molecule has 0 aliphatic carbocycles. The van der Waals surface area contributed by atoms with Crippen molar-refractivity contribution in [2.75, 3.05) is 26.7 Å². The standard InChI is InChI=1S/C25H35N3O2.HI/c1-20(2)30-19-23-11-7-10-22(14-23)15-27-25(26-3)28-13-12-24(16-28)18-29-17-21-8-5-4-6-9-21;/h4-11,14,20,24H,12-13,15-19H2,1-3H3,(H,26,27);1H. The topological polar surface area (TPSA) is 46.1 Å². The molecule has 5 nitrogen and oxygen atoms in total. The van der Waals surface area contributed by atoms with Crippen LogP contribution in [0.2, 0.25) is 0 Å². The molecule has 0 amide bonds. The Bertz CT molecular complexity index is 798. The first-order valence-corrected chi connectivity index (χ1v) is 10.9. The largest absolute Gasteiger partial charge is 0.376 e. The lowest BCUT2D eigenvalue weighted by molar-refractivity contribution is 0.0657. The highest BCUT2D eigenvalue weighted by Crippen LogP contribution is 2.17. The lowest BCUT2D eigenvalue weighted by atomic mass is 10.1. The van der Waals surface area contributed by atoms with Crippen molar-refractivity contribution >= 4 is 29.9 Å². The molecule has 1 heterocycles. The molecular weight excluding hydrogens is 501 g/mol. The van der Waals surface area contributed by atoms with Gasteiger partial charge in [0.1, 0.15) is 0 Å². The summed E-state index contributed by atoms with van der Waals surface area (Å²) in [5.74, 6) is 1.51. The number of halogens is 1. The van der Waals surface area contributed by atoms with Crippen molar-refractivity contribution < 1.29 is 9.47 Å². The monoisotopic (exact) mass is 537 g/mol. The van der Waals surface area contributed by atoms with E-state index in [1.807, 2.05) is 13.1 Å². The van der Waals surface area contributed by atoms with Crippen molar-refractivity contribution in [3.05, 3.63) is 71.3 Å². The first kappa shape index (κ1) is 25.6. The molecule has 2 aromatic rings. The Morgan fingerprint density at radius 2 is 1.81 bits per heavy atom. The number of likely N-dealkylation sites (tertiary alicyclic amines) is 1. The third-order valence-electron chi connectivity index (χ3n) is 5.29. The van der Waals surface area contributed by atoms with Crippen LogP contribution in [-0.4, -0.2) is 43.7 Å². The lowest BCUT2D eigenvalue weighted by Gasteiger charge is -2.22. The fourth-order valence-electron chi connectivity index (χ4n) is 3.68. The van der Waals surface area contributed by atoms with Crippen LogP contribution in [0.15, 0.2) is 59.6 Å². The molecular formula is C25H36IN3O2. The molecule has 2 aromatic carbocycles. The molecule has 1 unspecified atom stereocenters. The van der Waals surface area contributed by atoms with Gasteiger partial charge in [0.15, 0.2) is 5.96 Å². The predicted molar refractivity (Wildman–Crippen MR) is 138 cm³/mol. The van der Waals surface area contributed by atoms with Crippen molar-refractivity contribution in [1.82, 2.24) is 10.2 Å². The summed E-state index contributed by atoms with van der Waals surface area (Å²) in [7, 11) is 1.86. The summed E-state index contributed by atoms with van der Waals surface area (Å²) in [6.45, 7) is 9.00. The lowest BCUT2D eigenvalue weighted by Crippen LogP contribution is -2.39. The molecule has 0 spiro atoms. The van der Waals surface area contributed by atoms with Crippen molar-refractivity contribution in [3.8, 4) is 0 Å². The molecule has 1 aliphatic heterocycles. The molecule has 1 atom stereocenters. The summed E-state index contributed by atoms with van der Waals surface area (Å²) in [4.78, 5) is 6.83. The van der Waals surface area contributed by atoms with E-state index in [1.165, 1.54) is 16.7 Å². The maximum Gasteiger partial charge on any atom is 0.193 e. The highest BCUT2D eigenvalue weighted by Gasteiger charge is 2.24. The van der Waals surface area contributed by atoms with Crippen LogP contribution < -0.4 is 5.32 Å². The Morgan fingerprint density at radius 3 is 2.55 bits per heavy atom. The SMILES string of the molecule is CN=C(NCc1cccc(COC(C)C)c1)N1CCC(COCc2ccccc2)C1.I. The minimum absolute atomic E-state index is 0. The second-order valence-electron chi connectivity index (χ2n) is 8.18. The van der Waals surface area contributed by atoms with E-state index in [1.54, 1.807) is 0 Å². The summed E-state index contributed by atoms with van der Waals surface area (Å²) in [5, 5.41) is 3.52. The van der Waals surface area contributed by atoms with Crippen molar-refractivity contribution in [3.63, 3.8) is 0 Å². The molecule has 1 aliphatic rings. The van der Waals surface area contributed by atoms with Gasteiger partial charge >= 0.3 is 0 Å². The molecule has 1 saturated heterocycles. The number of guanidine groups is 1. The minimum Gasteiger partial charge on any atom is -0.376 e. The average Bonchev–Trinajstić information content (AvgIpc) is 3.22. The van der Waals surface area contributed by atoms with E-state index in [-0.39, 0.29) is 30.1 Å². The van der Waals surface area contributed by atoms with Crippen LogP contribution in [0.3, 0.4) is 0 Å². The quantitative estimate of drug-likeness (QED) is 0.283. The van der Waals surface area contributed by atoms with Gasteiger partial charge in [-0.3, -0.25) is 4.99 Å². The highest BCUT2D eigenvalue weighted by molar-refractivity contribution is 14.0. The van der Waals surface area contributed by atoms with Crippen molar-refractivity contribution in [2.45, 2.75) is 46.1 Å². The Labute approximate surface area is 204 Å².